The van der Waals surface area contributed by atoms with Gasteiger partial charge in [0.2, 0.25) is 5.91 Å². The maximum absolute atomic E-state index is 13.7. The Labute approximate surface area is 229 Å². The molecule has 0 radical (unpaired) electrons. The summed E-state index contributed by atoms with van der Waals surface area (Å²) >= 11 is 1.48. The molecule has 1 aliphatic rings. The quantitative estimate of drug-likeness (QED) is 0.367. The molecule has 1 fully saturated rings. The van der Waals surface area contributed by atoms with Crippen molar-refractivity contribution in [1.29, 1.82) is 0 Å². The lowest BCUT2D eigenvalue weighted by Gasteiger charge is -2.33. The first-order valence-corrected chi connectivity index (χ1v) is 14.0. The smallest absolute Gasteiger partial charge is 0.254 e. The number of thioether (sulfide) groups is 1. The van der Waals surface area contributed by atoms with E-state index in [-0.39, 0.29) is 29.5 Å². The minimum absolute atomic E-state index is 0.0172. The number of hydrogen-bond donors (Lipinski definition) is 4. The molecule has 0 bridgehead atoms. The average Bonchev–Trinajstić information content (AvgIpc) is 3.22. The molecule has 1 aliphatic heterocycles. The van der Waals surface area contributed by atoms with E-state index in [1.807, 2.05) is 51.1 Å². The van der Waals surface area contributed by atoms with Gasteiger partial charge in [0.25, 0.3) is 11.8 Å². The van der Waals surface area contributed by atoms with Crippen LogP contribution in [-0.4, -0.2) is 68.2 Å². The van der Waals surface area contributed by atoms with Crippen LogP contribution in [0.3, 0.4) is 0 Å². The van der Waals surface area contributed by atoms with Gasteiger partial charge in [-0.1, -0.05) is 56.7 Å². The number of aliphatic hydroxyl groups excluding tert-OH is 1. The van der Waals surface area contributed by atoms with E-state index in [4.69, 9.17) is 0 Å². The summed E-state index contributed by atoms with van der Waals surface area (Å²) in [7, 11) is 0. The molecule has 0 aromatic heterocycles. The lowest BCUT2D eigenvalue weighted by molar-refractivity contribution is -0.147. The van der Waals surface area contributed by atoms with Crippen molar-refractivity contribution in [3.8, 4) is 5.75 Å². The van der Waals surface area contributed by atoms with Crippen LogP contribution in [0.25, 0.3) is 0 Å². The van der Waals surface area contributed by atoms with Gasteiger partial charge in [0, 0.05) is 22.4 Å². The van der Waals surface area contributed by atoms with Crippen molar-refractivity contribution >= 4 is 29.5 Å². The molecule has 9 heteroatoms. The third-order valence-corrected chi connectivity index (χ3v) is 8.57. The maximum atomic E-state index is 13.7. The van der Waals surface area contributed by atoms with Gasteiger partial charge in [-0.2, -0.15) is 0 Å². The summed E-state index contributed by atoms with van der Waals surface area (Å²) in [5.41, 5.74) is 1.49. The van der Waals surface area contributed by atoms with Crippen LogP contribution in [-0.2, 0) is 16.0 Å². The van der Waals surface area contributed by atoms with E-state index in [1.165, 1.54) is 22.7 Å². The second-order valence-corrected chi connectivity index (χ2v) is 12.1. The zero-order valence-corrected chi connectivity index (χ0v) is 23.5. The highest BCUT2D eigenvalue weighted by atomic mass is 32.2. The number of carbonyl (C=O) groups excluding carboxylic acids is 3. The predicted octanol–water partition coefficient (Wildman–Crippen LogP) is 3.25. The van der Waals surface area contributed by atoms with Gasteiger partial charge in [-0.05, 0) is 50.8 Å². The molecule has 1 heterocycles. The number of hydrogen-bond acceptors (Lipinski definition) is 6. The van der Waals surface area contributed by atoms with Crippen molar-refractivity contribution in [2.24, 2.45) is 5.92 Å². The third-order valence-electron chi connectivity index (χ3n) is 7.20. The van der Waals surface area contributed by atoms with Gasteiger partial charge < -0.3 is 25.7 Å². The fourth-order valence-corrected chi connectivity index (χ4v) is 5.64. The number of aromatic hydroxyl groups is 1. The Hall–Kier alpha value is -3.04. The Balaban J connectivity index is 1.86. The first-order chi connectivity index (χ1) is 18.0. The van der Waals surface area contributed by atoms with Gasteiger partial charge in [-0.3, -0.25) is 14.4 Å². The first kappa shape index (κ1) is 29.5. The molecule has 0 spiro atoms. The van der Waals surface area contributed by atoms with Crippen LogP contribution in [0.5, 0.6) is 5.75 Å². The van der Waals surface area contributed by atoms with E-state index >= 15 is 0 Å². The summed E-state index contributed by atoms with van der Waals surface area (Å²) in [6, 6.07) is 12.2. The molecule has 2 aromatic carbocycles. The topological polar surface area (TPSA) is 119 Å². The van der Waals surface area contributed by atoms with Gasteiger partial charge in [-0.25, -0.2) is 0 Å². The fourth-order valence-electron chi connectivity index (χ4n) is 4.50. The van der Waals surface area contributed by atoms with E-state index < -0.39 is 34.7 Å². The second-order valence-electron chi connectivity index (χ2n) is 10.5. The van der Waals surface area contributed by atoms with Crippen LogP contribution >= 0.6 is 11.8 Å². The molecule has 3 rings (SSSR count). The minimum Gasteiger partial charge on any atom is -0.508 e. The summed E-state index contributed by atoms with van der Waals surface area (Å²) in [5.74, 6) is -0.832. The number of carbonyl (C=O) groups is 3. The third kappa shape index (κ3) is 6.88. The van der Waals surface area contributed by atoms with Crippen LogP contribution in [0.4, 0.5) is 0 Å². The maximum Gasteiger partial charge on any atom is 0.254 e. The Morgan fingerprint density at radius 2 is 1.82 bits per heavy atom. The number of nitrogens with one attached hydrogen (secondary N) is 2. The Morgan fingerprint density at radius 1 is 1.13 bits per heavy atom. The number of benzene rings is 2. The number of phenols is 1. The molecule has 1 saturated heterocycles. The summed E-state index contributed by atoms with van der Waals surface area (Å²) in [6.07, 6.45) is -0.465. The number of nitrogens with zero attached hydrogens (tertiary/aromatic N) is 1. The van der Waals surface area contributed by atoms with Gasteiger partial charge in [0.1, 0.15) is 11.8 Å². The summed E-state index contributed by atoms with van der Waals surface area (Å²) < 4.78 is -0.550. The first-order valence-electron chi connectivity index (χ1n) is 13.0. The molecular weight excluding hydrogens is 502 g/mol. The number of phenolic OH excluding ortho intramolecular Hbond substituents is 1. The zero-order chi connectivity index (χ0) is 28.0. The molecule has 38 heavy (non-hydrogen) atoms. The van der Waals surface area contributed by atoms with Crippen molar-refractivity contribution in [3.05, 3.63) is 65.2 Å². The highest BCUT2D eigenvalue weighted by Gasteiger charge is 2.49. The van der Waals surface area contributed by atoms with Crippen LogP contribution in [0, 0.1) is 12.8 Å². The highest BCUT2D eigenvalue weighted by molar-refractivity contribution is 8.00. The molecular formula is C29H39N3O5S. The van der Waals surface area contributed by atoms with E-state index in [2.05, 4.69) is 17.6 Å². The molecule has 8 nitrogen and oxygen atoms in total. The lowest BCUT2D eigenvalue weighted by atomic mass is 9.96. The summed E-state index contributed by atoms with van der Waals surface area (Å²) in [4.78, 5) is 41.5. The van der Waals surface area contributed by atoms with Gasteiger partial charge in [-0.15, -0.1) is 11.8 Å². The van der Waals surface area contributed by atoms with E-state index in [0.29, 0.717) is 18.0 Å². The lowest BCUT2D eigenvalue weighted by Crippen LogP contribution is -2.59. The number of amides is 3. The van der Waals surface area contributed by atoms with E-state index in [1.54, 1.807) is 19.1 Å². The van der Waals surface area contributed by atoms with E-state index in [9.17, 15) is 24.6 Å². The van der Waals surface area contributed by atoms with Crippen molar-refractivity contribution in [1.82, 2.24) is 15.5 Å². The minimum atomic E-state index is -1.59. The average molecular weight is 542 g/mol. The van der Waals surface area contributed by atoms with Crippen molar-refractivity contribution < 1.29 is 24.6 Å². The number of aliphatic hydroxyl groups is 1. The van der Waals surface area contributed by atoms with Crippen LogP contribution in [0.1, 0.15) is 55.6 Å². The van der Waals surface area contributed by atoms with Gasteiger partial charge in [0.05, 0.1) is 11.9 Å². The predicted molar refractivity (Wildman–Crippen MR) is 150 cm³/mol. The van der Waals surface area contributed by atoms with Gasteiger partial charge in [0.15, 0.2) is 6.10 Å². The van der Waals surface area contributed by atoms with Crippen molar-refractivity contribution in [2.75, 3.05) is 12.4 Å². The van der Waals surface area contributed by atoms with Crippen molar-refractivity contribution in [3.63, 3.8) is 0 Å². The summed E-state index contributed by atoms with van der Waals surface area (Å²) in [6.45, 7) is 10.1. The number of rotatable bonds is 10. The monoisotopic (exact) mass is 541 g/mol. The molecule has 4 N–H and O–H groups in total. The molecule has 0 saturated carbocycles. The molecule has 2 aromatic rings. The van der Waals surface area contributed by atoms with Crippen LogP contribution in [0.2, 0.25) is 0 Å². The molecule has 206 valence electrons. The van der Waals surface area contributed by atoms with Crippen molar-refractivity contribution in [2.45, 2.75) is 70.4 Å². The fraction of sp³-hybridized carbons (Fsp3) is 0.483. The molecule has 0 aliphatic carbocycles. The largest absolute Gasteiger partial charge is 0.508 e. The normalized spacial score (nSPS) is 18.9. The molecule has 3 amide bonds. The molecule has 1 unspecified atom stereocenters. The van der Waals surface area contributed by atoms with Crippen LogP contribution < -0.4 is 10.6 Å². The summed E-state index contributed by atoms with van der Waals surface area (Å²) in [5, 5.41) is 27.2. The zero-order valence-electron chi connectivity index (χ0n) is 22.7. The Bertz CT molecular complexity index is 1140. The van der Waals surface area contributed by atoms with Gasteiger partial charge >= 0.3 is 0 Å². The Kier molecular flexibility index (Phi) is 9.84. The second kappa shape index (κ2) is 12.7. The SMILES string of the molecule is CCC(C)CNC(=O)[C@H]1N(C(=O)[C@@H](O)[C@H](Cc2ccccc2)NC(=O)c2cccc(O)c2C)CSC1(C)C. The molecule has 4 atom stereocenters. The van der Waals surface area contributed by atoms with E-state index in [0.717, 1.165) is 12.0 Å². The standard InChI is InChI=1S/C29H39N3O5S/c1-6-18(2)16-30-27(36)25-29(4,5)38-17-32(25)28(37)24(34)22(15-20-11-8-7-9-12-20)31-26(35)21-13-10-14-23(33)19(21)3/h7-14,18,22,24-25,33-34H,6,15-17H2,1-5H3,(H,30,36)(H,31,35)/t18?,22-,24-,25+/m0/s1. The Morgan fingerprint density at radius 3 is 2.47 bits per heavy atom. The van der Waals surface area contributed by atoms with Crippen LogP contribution in [0.15, 0.2) is 48.5 Å². The highest BCUT2D eigenvalue weighted by Crippen LogP contribution is 2.40.